The second kappa shape index (κ2) is 9.90. The maximum atomic E-state index is 7.04. The van der Waals surface area contributed by atoms with Gasteiger partial charge >= 0.3 is 0 Å². The molecule has 5 atom stereocenters. The predicted octanol–water partition coefficient (Wildman–Crippen LogP) is 5.08. The number of nitrogens with zero attached hydrogens (tertiary/aromatic N) is 2. The van der Waals surface area contributed by atoms with Crippen molar-refractivity contribution in [3.63, 3.8) is 0 Å². The molecule has 2 fully saturated rings. The number of methoxy groups -OCH3 is 2. The Morgan fingerprint density at radius 3 is 2.86 bits per heavy atom. The van der Waals surface area contributed by atoms with Gasteiger partial charge in [0.05, 0.1) is 19.4 Å². The Kier molecular flexibility index (Phi) is 6.74. The van der Waals surface area contributed by atoms with E-state index >= 15 is 0 Å². The SMILES string of the molecule is CCCc1cc(COC[C@H]2CC[C@H]3Cc4ccc(OC)c5c4[C@@]4(CCC[C@]2(OC)[C@@H]4O5)CCN3C)on1. The van der Waals surface area contributed by atoms with Gasteiger partial charge in [-0.2, -0.15) is 0 Å². The van der Waals surface area contributed by atoms with Gasteiger partial charge in [0.2, 0.25) is 0 Å². The monoisotopic (exact) mass is 510 g/mol. The zero-order valence-corrected chi connectivity index (χ0v) is 22.9. The van der Waals surface area contributed by atoms with Crippen LogP contribution in [-0.4, -0.2) is 62.2 Å². The minimum absolute atomic E-state index is 0.0538. The van der Waals surface area contributed by atoms with Crippen LogP contribution >= 0.6 is 0 Å². The third-order valence-electron chi connectivity index (χ3n) is 9.88. The van der Waals surface area contributed by atoms with E-state index in [1.54, 1.807) is 7.11 Å². The van der Waals surface area contributed by atoms with Crippen molar-refractivity contribution < 1.29 is 23.5 Å². The van der Waals surface area contributed by atoms with E-state index in [0.717, 1.165) is 87.3 Å². The van der Waals surface area contributed by atoms with Crippen molar-refractivity contribution >= 4 is 0 Å². The molecule has 1 saturated carbocycles. The second-order valence-electron chi connectivity index (χ2n) is 11.7. The van der Waals surface area contributed by atoms with Gasteiger partial charge in [-0.1, -0.05) is 24.6 Å². The summed E-state index contributed by atoms with van der Waals surface area (Å²) in [4.78, 5) is 2.59. The van der Waals surface area contributed by atoms with Crippen LogP contribution in [-0.2, 0) is 34.3 Å². The quantitative estimate of drug-likeness (QED) is 0.491. The molecular weight excluding hydrogens is 468 g/mol. The molecule has 5 bridgehead atoms. The van der Waals surface area contributed by atoms with Gasteiger partial charge in [0.25, 0.3) is 0 Å². The number of fused-ring (bicyclic) bond motifs is 4. The van der Waals surface area contributed by atoms with Crippen LogP contribution in [0.1, 0.15) is 74.5 Å². The lowest BCUT2D eigenvalue weighted by atomic mass is 9.56. The number of rotatable bonds is 8. The van der Waals surface area contributed by atoms with E-state index in [9.17, 15) is 0 Å². The minimum atomic E-state index is -0.411. The van der Waals surface area contributed by atoms with Gasteiger partial charge in [-0.3, -0.25) is 0 Å². The molecule has 0 N–H and O–H groups in total. The number of ether oxygens (including phenoxy) is 4. The summed E-state index contributed by atoms with van der Waals surface area (Å²) in [5.41, 5.74) is 3.36. The summed E-state index contributed by atoms with van der Waals surface area (Å²) in [6.07, 6.45) is 9.44. The summed E-state index contributed by atoms with van der Waals surface area (Å²) in [6.45, 7) is 4.28. The van der Waals surface area contributed by atoms with Crippen molar-refractivity contribution in [1.82, 2.24) is 10.1 Å². The highest BCUT2D eigenvalue weighted by molar-refractivity contribution is 5.59. The Morgan fingerprint density at radius 2 is 2.05 bits per heavy atom. The van der Waals surface area contributed by atoms with Crippen LogP contribution in [0, 0.1) is 5.92 Å². The first-order valence-corrected chi connectivity index (χ1v) is 14.2. The maximum Gasteiger partial charge on any atom is 0.165 e. The molecule has 37 heavy (non-hydrogen) atoms. The van der Waals surface area contributed by atoms with Crippen LogP contribution in [0.4, 0.5) is 0 Å². The molecule has 2 aromatic rings. The van der Waals surface area contributed by atoms with E-state index < -0.39 is 5.60 Å². The summed E-state index contributed by atoms with van der Waals surface area (Å²) in [7, 11) is 5.95. The van der Waals surface area contributed by atoms with Crippen molar-refractivity contribution in [2.45, 2.75) is 94.5 Å². The number of hydrogen-bond donors (Lipinski definition) is 0. The third-order valence-corrected chi connectivity index (χ3v) is 9.88. The van der Waals surface area contributed by atoms with Crippen LogP contribution in [0.15, 0.2) is 22.7 Å². The molecule has 7 heteroatoms. The van der Waals surface area contributed by atoms with Crippen LogP contribution in [0.25, 0.3) is 0 Å². The van der Waals surface area contributed by atoms with E-state index in [1.165, 1.54) is 11.1 Å². The molecule has 7 rings (SSSR count). The average Bonchev–Trinajstić information content (AvgIpc) is 3.50. The summed E-state index contributed by atoms with van der Waals surface area (Å²) >= 11 is 0. The number of likely N-dealkylation sites (N-methyl/N-ethyl adjacent to an activating group) is 1. The summed E-state index contributed by atoms with van der Waals surface area (Å²) in [6, 6.07) is 6.92. The maximum absolute atomic E-state index is 7.04. The molecule has 4 heterocycles. The zero-order valence-electron chi connectivity index (χ0n) is 22.9. The van der Waals surface area contributed by atoms with Crippen molar-refractivity contribution in [3.8, 4) is 11.5 Å². The number of hydrogen-bond acceptors (Lipinski definition) is 7. The van der Waals surface area contributed by atoms with Crippen LogP contribution in [0.5, 0.6) is 11.5 Å². The first kappa shape index (κ1) is 25.2. The highest BCUT2D eigenvalue weighted by Crippen LogP contribution is 2.62. The van der Waals surface area contributed by atoms with E-state index in [0.29, 0.717) is 19.3 Å². The first-order chi connectivity index (χ1) is 18.0. The van der Waals surface area contributed by atoms with E-state index in [2.05, 4.69) is 36.2 Å². The Bertz CT molecular complexity index is 1120. The molecule has 5 aliphatic rings. The van der Waals surface area contributed by atoms with Crippen LogP contribution in [0.3, 0.4) is 0 Å². The Morgan fingerprint density at radius 1 is 1.16 bits per heavy atom. The molecular formula is C30H42N2O5. The third kappa shape index (κ3) is 4.00. The fourth-order valence-corrected chi connectivity index (χ4v) is 8.02. The number of benzene rings is 1. The molecule has 2 aliphatic carbocycles. The van der Waals surface area contributed by atoms with Gasteiger partial charge in [-0.15, -0.1) is 0 Å². The minimum Gasteiger partial charge on any atom is -0.493 e. The van der Waals surface area contributed by atoms with Crippen molar-refractivity contribution in [1.29, 1.82) is 0 Å². The lowest BCUT2D eigenvalue weighted by Crippen LogP contribution is -2.64. The average molecular weight is 511 g/mol. The highest BCUT2D eigenvalue weighted by Gasteiger charge is 2.64. The first-order valence-electron chi connectivity index (χ1n) is 14.2. The van der Waals surface area contributed by atoms with Crippen molar-refractivity contribution in [2.75, 3.05) is 34.4 Å². The predicted molar refractivity (Wildman–Crippen MR) is 140 cm³/mol. The Hall–Kier alpha value is -2.09. The Balaban J connectivity index is 1.37. The van der Waals surface area contributed by atoms with Gasteiger partial charge in [-0.25, -0.2) is 0 Å². The van der Waals surface area contributed by atoms with Crippen LogP contribution < -0.4 is 9.47 Å². The molecule has 0 unspecified atom stereocenters. The molecule has 0 amide bonds. The molecule has 0 radical (unpaired) electrons. The van der Waals surface area contributed by atoms with Gasteiger partial charge in [0, 0.05) is 36.1 Å². The van der Waals surface area contributed by atoms with E-state index in [1.807, 2.05) is 13.2 Å². The fourth-order valence-electron chi connectivity index (χ4n) is 8.02. The topological polar surface area (TPSA) is 66.2 Å². The molecule has 1 saturated heterocycles. The normalized spacial score (nSPS) is 32.7. The number of aryl methyl sites for hydroxylation is 1. The van der Waals surface area contributed by atoms with Crippen molar-refractivity contribution in [3.05, 3.63) is 40.8 Å². The second-order valence-corrected chi connectivity index (χ2v) is 11.7. The summed E-state index contributed by atoms with van der Waals surface area (Å²) in [5.74, 6) is 2.83. The molecule has 1 aromatic heterocycles. The fraction of sp³-hybridized carbons (Fsp3) is 0.700. The molecule has 1 aromatic carbocycles. The van der Waals surface area contributed by atoms with Gasteiger partial charge in [-0.05, 0) is 76.6 Å². The molecule has 1 spiro atoms. The van der Waals surface area contributed by atoms with E-state index in [4.69, 9.17) is 23.5 Å². The molecule has 7 nitrogen and oxygen atoms in total. The molecule has 202 valence electrons. The van der Waals surface area contributed by atoms with Crippen molar-refractivity contribution in [2.24, 2.45) is 5.92 Å². The molecule has 3 aliphatic heterocycles. The Labute approximate surface area is 220 Å². The zero-order chi connectivity index (χ0) is 25.6. The highest BCUT2D eigenvalue weighted by atomic mass is 16.6. The van der Waals surface area contributed by atoms with Crippen LogP contribution in [0.2, 0.25) is 0 Å². The van der Waals surface area contributed by atoms with Gasteiger partial charge in [0.15, 0.2) is 17.3 Å². The number of aromatic nitrogens is 1. The standard InChI is InChI=1S/C30H42N2O5/c1-5-7-22-17-24(37-31-22)19-35-18-21-9-10-23-16-20-8-11-25(33-3)27-26(20)29(14-15-32(23)2)12-6-13-30(21,34-4)28(29)36-27/h8,11,17,21,23,28H,5-7,9-10,12-16,18-19H2,1-4H3/t21-,23+,28-,29-,30-/m1/s1. The lowest BCUT2D eigenvalue weighted by molar-refractivity contribution is -0.185. The smallest absolute Gasteiger partial charge is 0.165 e. The largest absolute Gasteiger partial charge is 0.493 e. The lowest BCUT2D eigenvalue weighted by Gasteiger charge is -2.55. The van der Waals surface area contributed by atoms with Gasteiger partial charge in [0.1, 0.15) is 18.3 Å². The van der Waals surface area contributed by atoms with Gasteiger partial charge < -0.3 is 28.4 Å². The summed E-state index contributed by atoms with van der Waals surface area (Å²) in [5, 5.41) is 4.19. The van der Waals surface area contributed by atoms with E-state index in [-0.39, 0.29) is 17.4 Å². The summed E-state index contributed by atoms with van der Waals surface area (Å²) < 4.78 is 31.4.